The third kappa shape index (κ3) is 3.29. The summed E-state index contributed by atoms with van der Waals surface area (Å²) in [5.74, 6) is -1.11. The van der Waals surface area contributed by atoms with Gasteiger partial charge in [-0.05, 0) is 42.0 Å². The number of rotatable bonds is 5. The van der Waals surface area contributed by atoms with Crippen molar-refractivity contribution in [2.75, 3.05) is 4.90 Å². The lowest BCUT2D eigenvalue weighted by atomic mass is 9.95. The van der Waals surface area contributed by atoms with Crippen molar-refractivity contribution < 1.29 is 14.7 Å². The monoisotopic (exact) mass is 389 g/mol. The van der Waals surface area contributed by atoms with Gasteiger partial charge < -0.3 is 5.11 Å². The predicted octanol–water partition coefficient (Wildman–Crippen LogP) is 5.23. The average molecular weight is 390 g/mol. The second kappa shape index (κ2) is 7.25. The minimum atomic E-state index is -0.632. The number of carbonyl (C=O) groups is 2. The number of benzene rings is 1. The molecule has 0 saturated carbocycles. The van der Waals surface area contributed by atoms with Crippen LogP contribution in [0.15, 0.2) is 47.0 Å². The van der Waals surface area contributed by atoms with Gasteiger partial charge in [0.1, 0.15) is 6.04 Å². The van der Waals surface area contributed by atoms with Crippen LogP contribution in [-0.2, 0) is 9.59 Å². The summed E-state index contributed by atoms with van der Waals surface area (Å²) in [5.41, 5.74) is 1.62. The van der Waals surface area contributed by atoms with E-state index in [-0.39, 0.29) is 23.7 Å². The van der Waals surface area contributed by atoms with Crippen molar-refractivity contribution in [1.82, 2.24) is 0 Å². The van der Waals surface area contributed by atoms with Crippen LogP contribution in [0.1, 0.15) is 36.8 Å². The highest BCUT2D eigenvalue weighted by atomic mass is 35.5. The lowest BCUT2D eigenvalue weighted by Crippen LogP contribution is -2.30. The normalized spacial score (nSPS) is 17.5. The van der Waals surface area contributed by atoms with Crippen molar-refractivity contribution in [3.8, 4) is 0 Å². The molecule has 0 fully saturated rings. The highest BCUT2D eigenvalue weighted by Gasteiger charge is 2.44. The number of hydrogen-bond donors (Lipinski definition) is 1. The molecule has 4 nitrogen and oxygen atoms in total. The third-order valence-corrected chi connectivity index (χ3v) is 5.68. The molecule has 2 aromatic rings. The largest absolute Gasteiger partial charge is 0.503 e. The Balaban J connectivity index is 2.12. The lowest BCUT2D eigenvalue weighted by molar-refractivity contribution is -0.118. The fraction of sp³-hybridized carbons (Fsp3) is 0.300. The smallest absolute Gasteiger partial charge is 0.294 e. The van der Waals surface area contributed by atoms with E-state index in [2.05, 4.69) is 0 Å². The quantitative estimate of drug-likeness (QED) is 0.762. The van der Waals surface area contributed by atoms with E-state index in [1.54, 1.807) is 12.1 Å². The molecule has 1 unspecified atom stereocenters. The van der Waals surface area contributed by atoms with Crippen molar-refractivity contribution in [3.63, 3.8) is 0 Å². The van der Waals surface area contributed by atoms with Crippen LogP contribution in [0.2, 0.25) is 5.02 Å². The van der Waals surface area contributed by atoms with E-state index in [0.717, 1.165) is 10.4 Å². The molecule has 1 aromatic carbocycles. The number of anilines is 1. The molecule has 0 spiro atoms. The zero-order valence-electron chi connectivity index (χ0n) is 14.8. The summed E-state index contributed by atoms with van der Waals surface area (Å²) >= 11 is 7.68. The predicted molar refractivity (Wildman–Crippen MR) is 105 cm³/mol. The summed E-state index contributed by atoms with van der Waals surface area (Å²) in [6.45, 7) is 5.75. The molecule has 2 heterocycles. The number of thiophene rings is 1. The first-order valence-electron chi connectivity index (χ1n) is 8.40. The molecule has 0 bridgehead atoms. The molecule has 26 heavy (non-hydrogen) atoms. The number of Topliss-reactive ketones (excluding diaryl/α,β-unsaturated/α-hetero) is 1. The Labute approximate surface area is 161 Å². The number of carbonyl (C=O) groups excluding carboxylic acids is 2. The fourth-order valence-corrected chi connectivity index (χ4v) is 4.08. The average Bonchev–Trinajstić information content (AvgIpc) is 3.17. The fourth-order valence-electron chi connectivity index (χ4n) is 3.08. The van der Waals surface area contributed by atoms with E-state index < -0.39 is 17.7 Å². The van der Waals surface area contributed by atoms with Crippen molar-refractivity contribution in [3.05, 3.63) is 62.5 Å². The number of nitrogens with zero attached hydrogens (tertiary/aromatic N) is 1. The molecular weight excluding hydrogens is 370 g/mol. The Kier molecular flexibility index (Phi) is 5.21. The molecule has 1 N–H and O–H groups in total. The Morgan fingerprint density at radius 3 is 2.65 bits per heavy atom. The van der Waals surface area contributed by atoms with Gasteiger partial charge >= 0.3 is 0 Å². The van der Waals surface area contributed by atoms with E-state index in [1.807, 2.05) is 44.4 Å². The van der Waals surface area contributed by atoms with Crippen LogP contribution in [-0.4, -0.2) is 16.8 Å². The van der Waals surface area contributed by atoms with Crippen LogP contribution in [0.4, 0.5) is 5.69 Å². The number of ketones is 1. The molecule has 0 aliphatic carbocycles. The topological polar surface area (TPSA) is 57.6 Å². The molecule has 1 amide bonds. The summed E-state index contributed by atoms with van der Waals surface area (Å²) in [5, 5.41) is 12.9. The van der Waals surface area contributed by atoms with Crippen molar-refractivity contribution in [1.29, 1.82) is 0 Å². The van der Waals surface area contributed by atoms with Gasteiger partial charge in [0.05, 0.1) is 5.57 Å². The van der Waals surface area contributed by atoms with Crippen LogP contribution in [0.5, 0.6) is 0 Å². The Hall–Kier alpha value is -2.11. The molecule has 1 aliphatic rings. The number of hydrogen-bond acceptors (Lipinski definition) is 4. The maximum absolute atomic E-state index is 12.8. The van der Waals surface area contributed by atoms with E-state index in [4.69, 9.17) is 11.6 Å². The molecule has 3 rings (SSSR count). The maximum atomic E-state index is 12.8. The standard InChI is InChI=1S/C20H20ClNO3S/c1-11(2)9-15(23)17-18(16-5-4-8-26-16)22(20(25)19(17)24)13-7-6-12(3)14(21)10-13/h4-8,10-11,18,24H,9H2,1-3H3. The van der Waals surface area contributed by atoms with Crippen LogP contribution in [0.3, 0.4) is 0 Å². The maximum Gasteiger partial charge on any atom is 0.294 e. The van der Waals surface area contributed by atoms with Gasteiger partial charge in [-0.3, -0.25) is 14.5 Å². The Bertz CT molecular complexity index is 886. The van der Waals surface area contributed by atoms with Gasteiger partial charge in [0.15, 0.2) is 11.5 Å². The number of aliphatic hydroxyl groups is 1. The molecule has 1 atom stereocenters. The lowest BCUT2D eigenvalue weighted by Gasteiger charge is -2.26. The molecule has 136 valence electrons. The summed E-state index contributed by atoms with van der Waals surface area (Å²) in [6.07, 6.45) is 0.275. The number of halogens is 1. The minimum Gasteiger partial charge on any atom is -0.503 e. The van der Waals surface area contributed by atoms with Gasteiger partial charge in [0, 0.05) is 22.0 Å². The summed E-state index contributed by atoms with van der Waals surface area (Å²) in [4.78, 5) is 27.9. The number of amides is 1. The first-order chi connectivity index (χ1) is 12.3. The van der Waals surface area contributed by atoms with E-state index in [1.165, 1.54) is 16.2 Å². The Morgan fingerprint density at radius 2 is 2.08 bits per heavy atom. The summed E-state index contributed by atoms with van der Waals surface area (Å²) in [7, 11) is 0. The molecule has 1 aromatic heterocycles. The van der Waals surface area contributed by atoms with Crippen LogP contribution in [0.25, 0.3) is 0 Å². The molecule has 0 saturated heterocycles. The molecule has 6 heteroatoms. The number of aryl methyl sites for hydroxylation is 1. The summed E-state index contributed by atoms with van der Waals surface area (Å²) < 4.78 is 0. The van der Waals surface area contributed by atoms with Gasteiger partial charge in [-0.1, -0.05) is 37.6 Å². The Morgan fingerprint density at radius 1 is 1.35 bits per heavy atom. The van der Waals surface area contributed by atoms with E-state index in [0.29, 0.717) is 10.7 Å². The van der Waals surface area contributed by atoms with E-state index in [9.17, 15) is 14.7 Å². The summed E-state index contributed by atoms with van der Waals surface area (Å²) in [6, 6.07) is 8.40. The van der Waals surface area contributed by atoms with Crippen molar-refractivity contribution >= 4 is 40.3 Å². The van der Waals surface area contributed by atoms with Gasteiger partial charge in [0.2, 0.25) is 0 Å². The van der Waals surface area contributed by atoms with Crippen LogP contribution in [0, 0.1) is 12.8 Å². The minimum absolute atomic E-state index is 0.129. The van der Waals surface area contributed by atoms with Gasteiger partial charge in [-0.2, -0.15) is 0 Å². The third-order valence-electron chi connectivity index (χ3n) is 4.35. The van der Waals surface area contributed by atoms with Crippen LogP contribution < -0.4 is 4.90 Å². The highest BCUT2D eigenvalue weighted by Crippen LogP contribution is 2.43. The SMILES string of the molecule is Cc1ccc(N2C(=O)C(O)=C(C(=O)CC(C)C)C2c2cccs2)cc1Cl. The number of aliphatic hydroxyl groups excluding tert-OH is 1. The van der Waals surface area contributed by atoms with Crippen LogP contribution >= 0.6 is 22.9 Å². The zero-order valence-corrected chi connectivity index (χ0v) is 16.4. The van der Waals surface area contributed by atoms with Gasteiger partial charge in [-0.15, -0.1) is 11.3 Å². The molecular formula is C20H20ClNO3S. The van der Waals surface area contributed by atoms with Gasteiger partial charge in [-0.25, -0.2) is 0 Å². The van der Waals surface area contributed by atoms with E-state index >= 15 is 0 Å². The van der Waals surface area contributed by atoms with Crippen molar-refractivity contribution in [2.24, 2.45) is 5.92 Å². The first kappa shape index (κ1) is 18.7. The first-order valence-corrected chi connectivity index (χ1v) is 9.66. The van der Waals surface area contributed by atoms with Gasteiger partial charge in [0.25, 0.3) is 5.91 Å². The molecule has 1 aliphatic heterocycles. The highest BCUT2D eigenvalue weighted by molar-refractivity contribution is 7.10. The van der Waals surface area contributed by atoms with Crippen molar-refractivity contribution in [2.45, 2.75) is 33.2 Å². The molecule has 0 radical (unpaired) electrons. The second-order valence-corrected chi connectivity index (χ2v) is 8.20. The zero-order chi connectivity index (χ0) is 19.0. The second-order valence-electron chi connectivity index (χ2n) is 6.81.